The van der Waals surface area contributed by atoms with Crippen molar-refractivity contribution in [2.24, 2.45) is 0 Å². The number of hydrogen-bond donors (Lipinski definition) is 0. The van der Waals surface area contributed by atoms with Crippen LogP contribution in [0.15, 0.2) is 18.2 Å². The summed E-state index contributed by atoms with van der Waals surface area (Å²) < 4.78 is 40.3. The van der Waals surface area contributed by atoms with Gasteiger partial charge < -0.3 is 4.74 Å². The summed E-state index contributed by atoms with van der Waals surface area (Å²) in [4.78, 5) is 0. The number of ether oxygens (including phenoxy) is 1. The molecule has 0 spiro atoms. The second kappa shape index (κ2) is 4.13. The number of alkyl halides is 3. The minimum absolute atomic E-state index is 0.0379. The van der Waals surface area contributed by atoms with Crippen LogP contribution in [0.2, 0.25) is 0 Å². The molecule has 1 rings (SSSR count). The molecule has 0 N–H and O–H groups in total. The topological polar surface area (TPSA) is 9.23 Å². The van der Waals surface area contributed by atoms with Gasteiger partial charge in [-0.05, 0) is 24.0 Å². The Hall–Kier alpha value is -1.19. The molecular formula is C11H12F3O. The van der Waals surface area contributed by atoms with Crippen LogP contribution >= 0.6 is 0 Å². The third-order valence-electron chi connectivity index (χ3n) is 1.97. The standard InChI is InChI=1S/C11H12F3O/c1-7(2)9-6-4-5-8(3)10(9)15-11(12,13)14/h4-7H,3H2,1-2H3. The van der Waals surface area contributed by atoms with Crippen molar-refractivity contribution in [2.75, 3.05) is 0 Å². The summed E-state index contributed by atoms with van der Waals surface area (Å²) in [6, 6.07) is 4.77. The maximum Gasteiger partial charge on any atom is 0.573 e. The van der Waals surface area contributed by atoms with Crippen molar-refractivity contribution in [3.63, 3.8) is 0 Å². The van der Waals surface area contributed by atoms with Crippen LogP contribution in [-0.2, 0) is 0 Å². The lowest BCUT2D eigenvalue weighted by Crippen LogP contribution is -2.19. The van der Waals surface area contributed by atoms with E-state index in [0.717, 1.165) is 0 Å². The Morgan fingerprint density at radius 1 is 1.27 bits per heavy atom. The van der Waals surface area contributed by atoms with E-state index < -0.39 is 6.36 Å². The van der Waals surface area contributed by atoms with Gasteiger partial charge in [0.1, 0.15) is 5.75 Å². The van der Waals surface area contributed by atoms with Gasteiger partial charge in [-0.3, -0.25) is 0 Å². The van der Waals surface area contributed by atoms with Crippen LogP contribution in [0.25, 0.3) is 0 Å². The van der Waals surface area contributed by atoms with Crippen LogP contribution in [-0.4, -0.2) is 6.36 Å². The zero-order chi connectivity index (χ0) is 11.6. The minimum Gasteiger partial charge on any atom is -0.405 e. The van der Waals surface area contributed by atoms with Gasteiger partial charge in [-0.15, -0.1) is 13.2 Å². The molecule has 1 radical (unpaired) electrons. The molecule has 0 aliphatic rings. The maximum atomic E-state index is 12.1. The Labute approximate surface area is 86.9 Å². The molecule has 0 aliphatic carbocycles. The molecule has 4 heteroatoms. The van der Waals surface area contributed by atoms with Gasteiger partial charge in [-0.25, -0.2) is 0 Å². The Balaban J connectivity index is 3.14. The third-order valence-corrected chi connectivity index (χ3v) is 1.97. The molecule has 1 aromatic rings. The predicted octanol–water partition coefficient (Wildman–Crippen LogP) is 3.89. The van der Waals surface area contributed by atoms with Gasteiger partial charge in [0, 0.05) is 0 Å². The van der Waals surface area contributed by atoms with Crippen molar-refractivity contribution in [3.8, 4) is 5.75 Å². The molecule has 0 heterocycles. The first-order valence-electron chi connectivity index (χ1n) is 4.52. The van der Waals surface area contributed by atoms with Gasteiger partial charge in [0.05, 0.1) is 0 Å². The number of hydrogen-bond acceptors (Lipinski definition) is 1. The highest BCUT2D eigenvalue weighted by Crippen LogP contribution is 2.33. The molecule has 0 amide bonds. The monoisotopic (exact) mass is 217 g/mol. The zero-order valence-corrected chi connectivity index (χ0v) is 8.56. The highest BCUT2D eigenvalue weighted by molar-refractivity contribution is 5.44. The van der Waals surface area contributed by atoms with E-state index in [9.17, 15) is 13.2 Å². The lowest BCUT2D eigenvalue weighted by Gasteiger charge is -2.17. The highest BCUT2D eigenvalue weighted by atomic mass is 19.4. The van der Waals surface area contributed by atoms with Gasteiger partial charge >= 0.3 is 6.36 Å². The van der Waals surface area contributed by atoms with E-state index in [0.29, 0.717) is 5.56 Å². The smallest absolute Gasteiger partial charge is 0.405 e. The Kier molecular flexibility index (Phi) is 3.27. The largest absolute Gasteiger partial charge is 0.573 e. The normalized spacial score (nSPS) is 11.9. The van der Waals surface area contributed by atoms with Crippen LogP contribution in [0.1, 0.15) is 30.9 Å². The average molecular weight is 217 g/mol. The fraction of sp³-hybridized carbons (Fsp3) is 0.364. The van der Waals surface area contributed by atoms with Gasteiger partial charge in [0.25, 0.3) is 0 Å². The van der Waals surface area contributed by atoms with Crippen molar-refractivity contribution >= 4 is 0 Å². The van der Waals surface area contributed by atoms with Crippen molar-refractivity contribution in [1.29, 1.82) is 0 Å². The van der Waals surface area contributed by atoms with Crippen LogP contribution in [0.5, 0.6) is 5.75 Å². The van der Waals surface area contributed by atoms with Gasteiger partial charge in [0.2, 0.25) is 0 Å². The third kappa shape index (κ3) is 3.15. The maximum absolute atomic E-state index is 12.1. The van der Waals surface area contributed by atoms with Crippen LogP contribution < -0.4 is 4.74 Å². The summed E-state index contributed by atoms with van der Waals surface area (Å²) in [7, 11) is 0. The molecule has 0 aliphatic heterocycles. The first kappa shape index (κ1) is 11.9. The van der Waals surface area contributed by atoms with Crippen molar-refractivity contribution in [1.82, 2.24) is 0 Å². The summed E-state index contributed by atoms with van der Waals surface area (Å²) in [5.41, 5.74) is 0.762. The first-order chi connectivity index (χ1) is 6.81. The van der Waals surface area contributed by atoms with E-state index in [2.05, 4.69) is 11.7 Å². The number of halogens is 3. The van der Waals surface area contributed by atoms with Gasteiger partial charge in [-0.2, -0.15) is 0 Å². The fourth-order valence-corrected chi connectivity index (χ4v) is 1.30. The molecular weight excluding hydrogens is 205 g/mol. The van der Waals surface area contributed by atoms with Crippen molar-refractivity contribution in [2.45, 2.75) is 26.1 Å². The van der Waals surface area contributed by atoms with Crippen LogP contribution in [0.3, 0.4) is 0 Å². The zero-order valence-electron chi connectivity index (χ0n) is 8.56. The molecule has 0 atom stereocenters. The second-order valence-electron chi connectivity index (χ2n) is 3.54. The molecule has 0 bridgehead atoms. The molecule has 0 saturated carbocycles. The summed E-state index contributed by atoms with van der Waals surface area (Å²) in [5, 5.41) is 0. The van der Waals surface area contributed by atoms with Crippen LogP contribution in [0, 0.1) is 6.92 Å². The average Bonchev–Trinajstić information content (AvgIpc) is 2.05. The van der Waals surface area contributed by atoms with E-state index in [-0.39, 0.29) is 17.2 Å². The molecule has 1 nitrogen and oxygen atoms in total. The molecule has 0 fully saturated rings. The van der Waals surface area contributed by atoms with Gasteiger partial charge in [-0.1, -0.05) is 32.0 Å². The molecule has 83 valence electrons. The van der Waals surface area contributed by atoms with Crippen LogP contribution in [0.4, 0.5) is 13.2 Å². The van der Waals surface area contributed by atoms with E-state index in [1.54, 1.807) is 26.0 Å². The molecule has 0 saturated heterocycles. The molecule has 0 unspecified atom stereocenters. The SMILES string of the molecule is [CH2]c1cccc(C(C)C)c1OC(F)(F)F. The summed E-state index contributed by atoms with van der Waals surface area (Å²) in [5.74, 6) is -0.218. The number of para-hydroxylation sites is 1. The quantitative estimate of drug-likeness (QED) is 0.730. The summed E-state index contributed by atoms with van der Waals surface area (Å²) in [6.45, 7) is 7.13. The minimum atomic E-state index is -4.67. The second-order valence-corrected chi connectivity index (χ2v) is 3.54. The summed E-state index contributed by atoms with van der Waals surface area (Å²) >= 11 is 0. The lowest BCUT2D eigenvalue weighted by molar-refractivity contribution is -0.275. The van der Waals surface area contributed by atoms with E-state index in [1.165, 1.54) is 6.07 Å². The van der Waals surface area contributed by atoms with Gasteiger partial charge in [0.15, 0.2) is 0 Å². The Morgan fingerprint density at radius 3 is 2.33 bits per heavy atom. The highest BCUT2D eigenvalue weighted by Gasteiger charge is 2.33. The van der Waals surface area contributed by atoms with Crippen molar-refractivity contribution in [3.05, 3.63) is 36.2 Å². The van der Waals surface area contributed by atoms with Crippen molar-refractivity contribution < 1.29 is 17.9 Å². The van der Waals surface area contributed by atoms with E-state index in [1.807, 2.05) is 0 Å². The Bertz CT molecular complexity index is 342. The van der Waals surface area contributed by atoms with E-state index >= 15 is 0 Å². The number of benzene rings is 1. The fourth-order valence-electron chi connectivity index (χ4n) is 1.30. The number of rotatable bonds is 2. The summed E-state index contributed by atoms with van der Waals surface area (Å²) in [6.07, 6.45) is -4.67. The molecule has 0 aromatic heterocycles. The first-order valence-corrected chi connectivity index (χ1v) is 4.52. The van der Waals surface area contributed by atoms with E-state index in [4.69, 9.17) is 0 Å². The molecule has 15 heavy (non-hydrogen) atoms. The predicted molar refractivity (Wildman–Crippen MR) is 51.7 cm³/mol. The molecule has 1 aromatic carbocycles. The Morgan fingerprint density at radius 2 is 1.87 bits per heavy atom. The lowest BCUT2D eigenvalue weighted by atomic mass is 10.00.